The van der Waals surface area contributed by atoms with Crippen molar-refractivity contribution in [3.8, 4) is 11.5 Å². The van der Waals surface area contributed by atoms with Gasteiger partial charge in [-0.3, -0.25) is 5.84 Å². The van der Waals surface area contributed by atoms with Crippen molar-refractivity contribution < 1.29 is 14.2 Å². The molecule has 19 heavy (non-hydrogen) atoms. The summed E-state index contributed by atoms with van der Waals surface area (Å²) in [5.41, 5.74) is 5.00. The van der Waals surface area contributed by atoms with Gasteiger partial charge in [0.25, 0.3) is 0 Å². The fourth-order valence-electron chi connectivity index (χ4n) is 2.25. The molecule has 1 heterocycles. The van der Waals surface area contributed by atoms with Crippen LogP contribution in [0.25, 0.3) is 0 Å². The average Bonchev–Trinajstić information content (AvgIpc) is 2.49. The molecule has 1 unspecified atom stereocenters. The molecule has 104 valence electrons. The van der Waals surface area contributed by atoms with Gasteiger partial charge in [-0.1, -0.05) is 6.07 Å². The topological polar surface area (TPSA) is 65.7 Å². The fourth-order valence-corrected chi connectivity index (χ4v) is 2.25. The van der Waals surface area contributed by atoms with E-state index in [-0.39, 0.29) is 6.04 Å². The molecular weight excluding hydrogens is 244 g/mol. The predicted molar refractivity (Wildman–Crippen MR) is 72.9 cm³/mol. The fraction of sp³-hybridized carbons (Fsp3) is 0.429. The largest absolute Gasteiger partial charge is 0.501 e. The van der Waals surface area contributed by atoms with Gasteiger partial charge < -0.3 is 14.2 Å². The lowest BCUT2D eigenvalue weighted by atomic mass is 9.95. The second-order valence-electron chi connectivity index (χ2n) is 4.38. The minimum atomic E-state index is -0.0693. The van der Waals surface area contributed by atoms with Gasteiger partial charge in [-0.25, -0.2) is 5.43 Å². The third kappa shape index (κ3) is 3.00. The van der Waals surface area contributed by atoms with Crippen molar-refractivity contribution >= 4 is 0 Å². The maximum atomic E-state index is 5.68. The average molecular weight is 264 g/mol. The number of methoxy groups -OCH3 is 2. The van der Waals surface area contributed by atoms with Crippen LogP contribution in [0.3, 0.4) is 0 Å². The molecule has 1 aliphatic heterocycles. The highest BCUT2D eigenvalue weighted by atomic mass is 16.5. The Hall–Kier alpha value is -1.72. The zero-order chi connectivity index (χ0) is 13.7. The normalized spacial score (nSPS) is 16.3. The Morgan fingerprint density at radius 1 is 1.26 bits per heavy atom. The molecular formula is C14H20N2O3. The Morgan fingerprint density at radius 2 is 2.05 bits per heavy atom. The molecule has 0 aliphatic carbocycles. The molecule has 0 aromatic heterocycles. The molecule has 0 saturated heterocycles. The first-order valence-corrected chi connectivity index (χ1v) is 6.28. The maximum Gasteiger partial charge on any atom is 0.161 e. The van der Waals surface area contributed by atoms with Crippen LogP contribution >= 0.6 is 0 Å². The number of benzene rings is 1. The molecule has 1 aromatic rings. The first-order valence-electron chi connectivity index (χ1n) is 6.28. The zero-order valence-corrected chi connectivity index (χ0v) is 11.3. The van der Waals surface area contributed by atoms with E-state index in [1.54, 1.807) is 20.5 Å². The highest BCUT2D eigenvalue weighted by Gasteiger charge is 2.19. The molecule has 0 spiro atoms. The highest BCUT2D eigenvalue weighted by Crippen LogP contribution is 2.33. The van der Waals surface area contributed by atoms with Crippen molar-refractivity contribution in [2.24, 2.45) is 5.84 Å². The Morgan fingerprint density at radius 3 is 2.63 bits per heavy atom. The second kappa shape index (κ2) is 6.45. The molecule has 0 fully saturated rings. The molecule has 0 radical (unpaired) electrons. The Bertz CT molecular complexity index is 460. The first-order chi connectivity index (χ1) is 9.30. The van der Waals surface area contributed by atoms with E-state index in [0.717, 1.165) is 30.6 Å². The van der Waals surface area contributed by atoms with Gasteiger partial charge in [-0.15, -0.1) is 0 Å². The van der Waals surface area contributed by atoms with E-state index in [2.05, 4.69) is 5.43 Å². The van der Waals surface area contributed by atoms with Crippen LogP contribution in [-0.4, -0.2) is 20.8 Å². The molecule has 5 heteroatoms. The van der Waals surface area contributed by atoms with Crippen molar-refractivity contribution in [1.29, 1.82) is 0 Å². The summed E-state index contributed by atoms with van der Waals surface area (Å²) in [6.45, 7) is 0.771. The van der Waals surface area contributed by atoms with Gasteiger partial charge in [-0.05, 0) is 36.1 Å². The third-order valence-corrected chi connectivity index (χ3v) is 3.24. The standard InChI is InChI=1S/C14H20N2O3/c1-17-12-6-5-10(8-13(12)18-2)14(16-15)11-4-3-7-19-9-11/h5-6,8-9,14,16H,3-4,7,15H2,1-2H3. The van der Waals surface area contributed by atoms with Crippen LogP contribution in [-0.2, 0) is 4.74 Å². The summed E-state index contributed by atoms with van der Waals surface area (Å²) in [7, 11) is 3.24. The van der Waals surface area contributed by atoms with E-state index < -0.39 is 0 Å². The lowest BCUT2D eigenvalue weighted by Gasteiger charge is -2.23. The van der Waals surface area contributed by atoms with Gasteiger partial charge in [-0.2, -0.15) is 0 Å². The quantitative estimate of drug-likeness (QED) is 0.628. The first kappa shape index (κ1) is 13.7. The highest BCUT2D eigenvalue weighted by molar-refractivity contribution is 5.45. The number of ether oxygens (including phenoxy) is 3. The van der Waals surface area contributed by atoms with E-state index in [1.165, 1.54) is 0 Å². The summed E-state index contributed by atoms with van der Waals surface area (Å²) in [5.74, 6) is 7.08. The van der Waals surface area contributed by atoms with Crippen LogP contribution in [0.5, 0.6) is 11.5 Å². The van der Waals surface area contributed by atoms with Crippen LogP contribution in [0.2, 0.25) is 0 Å². The summed E-state index contributed by atoms with van der Waals surface area (Å²) in [4.78, 5) is 0. The molecule has 2 rings (SSSR count). The summed E-state index contributed by atoms with van der Waals surface area (Å²) < 4.78 is 15.9. The van der Waals surface area contributed by atoms with Crippen molar-refractivity contribution in [1.82, 2.24) is 5.43 Å². The Kier molecular flexibility index (Phi) is 4.65. The van der Waals surface area contributed by atoms with E-state index in [1.807, 2.05) is 18.2 Å². The molecule has 1 atom stereocenters. The number of hydrazine groups is 1. The van der Waals surface area contributed by atoms with Crippen LogP contribution in [0.4, 0.5) is 0 Å². The second-order valence-corrected chi connectivity index (χ2v) is 4.38. The monoisotopic (exact) mass is 264 g/mol. The minimum Gasteiger partial charge on any atom is -0.501 e. The predicted octanol–water partition coefficient (Wildman–Crippen LogP) is 1.90. The van der Waals surface area contributed by atoms with E-state index in [4.69, 9.17) is 20.1 Å². The summed E-state index contributed by atoms with van der Waals surface area (Å²) in [6, 6.07) is 5.71. The van der Waals surface area contributed by atoms with Gasteiger partial charge in [0, 0.05) is 0 Å². The molecule has 0 saturated carbocycles. The summed E-state index contributed by atoms with van der Waals surface area (Å²) in [5, 5.41) is 0. The maximum absolute atomic E-state index is 5.68. The van der Waals surface area contributed by atoms with Gasteiger partial charge in [0.1, 0.15) is 0 Å². The Balaban J connectivity index is 2.30. The van der Waals surface area contributed by atoms with Crippen molar-refractivity contribution in [3.05, 3.63) is 35.6 Å². The number of rotatable bonds is 5. The number of hydrogen-bond donors (Lipinski definition) is 2. The van der Waals surface area contributed by atoms with E-state index >= 15 is 0 Å². The smallest absolute Gasteiger partial charge is 0.161 e. The molecule has 5 nitrogen and oxygen atoms in total. The SMILES string of the molecule is COc1ccc(C(NN)C2=COCCC2)cc1OC. The molecule has 1 aliphatic rings. The number of nitrogens with two attached hydrogens (primary N) is 1. The molecule has 3 N–H and O–H groups in total. The lowest BCUT2D eigenvalue weighted by Crippen LogP contribution is -2.30. The van der Waals surface area contributed by atoms with Crippen molar-refractivity contribution in [2.75, 3.05) is 20.8 Å². The van der Waals surface area contributed by atoms with Crippen LogP contribution in [0.1, 0.15) is 24.4 Å². The van der Waals surface area contributed by atoms with E-state index in [9.17, 15) is 0 Å². The lowest BCUT2D eigenvalue weighted by molar-refractivity contribution is 0.219. The third-order valence-electron chi connectivity index (χ3n) is 3.24. The minimum absolute atomic E-state index is 0.0693. The van der Waals surface area contributed by atoms with Gasteiger partial charge in [0.05, 0.1) is 33.1 Å². The molecule has 1 aromatic carbocycles. The van der Waals surface area contributed by atoms with Crippen molar-refractivity contribution in [3.63, 3.8) is 0 Å². The molecule has 0 bridgehead atoms. The summed E-state index contributed by atoms with van der Waals surface area (Å²) >= 11 is 0. The van der Waals surface area contributed by atoms with Crippen LogP contribution < -0.4 is 20.7 Å². The zero-order valence-electron chi connectivity index (χ0n) is 11.3. The number of nitrogens with one attached hydrogen (secondary N) is 1. The van der Waals surface area contributed by atoms with Gasteiger partial charge in [0.15, 0.2) is 11.5 Å². The molecule has 0 amide bonds. The van der Waals surface area contributed by atoms with Crippen molar-refractivity contribution in [2.45, 2.75) is 18.9 Å². The summed E-state index contributed by atoms with van der Waals surface area (Å²) in [6.07, 6.45) is 3.78. The van der Waals surface area contributed by atoms with E-state index in [0.29, 0.717) is 11.5 Å². The Labute approximate surface area is 113 Å². The van der Waals surface area contributed by atoms with Gasteiger partial charge >= 0.3 is 0 Å². The van der Waals surface area contributed by atoms with Gasteiger partial charge in [0.2, 0.25) is 0 Å². The van der Waals surface area contributed by atoms with Crippen LogP contribution in [0, 0.1) is 0 Å². The number of hydrogen-bond acceptors (Lipinski definition) is 5. The van der Waals surface area contributed by atoms with Crippen LogP contribution in [0.15, 0.2) is 30.0 Å².